The number of anilines is 2. The van der Waals surface area contributed by atoms with Gasteiger partial charge in [0.2, 0.25) is 0 Å². The van der Waals surface area contributed by atoms with Gasteiger partial charge >= 0.3 is 0 Å². The Hall–Kier alpha value is -1.40. The SMILES string of the molecule is C[C@H](Nc1cc(N[C@H](C)[C@H]2CCCO2)ncn1)[C@@H]1CCCO1. The number of ether oxygens (including phenoxy) is 2. The van der Waals surface area contributed by atoms with E-state index in [1.165, 1.54) is 0 Å². The molecule has 0 spiro atoms. The van der Waals surface area contributed by atoms with Crippen molar-refractivity contribution in [2.24, 2.45) is 0 Å². The molecule has 2 fully saturated rings. The number of hydrogen-bond acceptors (Lipinski definition) is 6. The molecule has 0 bridgehead atoms. The summed E-state index contributed by atoms with van der Waals surface area (Å²) < 4.78 is 11.4. The van der Waals surface area contributed by atoms with Crippen molar-refractivity contribution in [1.82, 2.24) is 9.97 Å². The van der Waals surface area contributed by atoms with Crippen LogP contribution in [0.3, 0.4) is 0 Å². The molecule has 0 radical (unpaired) electrons. The summed E-state index contributed by atoms with van der Waals surface area (Å²) in [6.07, 6.45) is 6.66. The lowest BCUT2D eigenvalue weighted by Gasteiger charge is -2.22. The molecule has 122 valence electrons. The molecule has 0 aliphatic carbocycles. The topological polar surface area (TPSA) is 68.3 Å². The molecule has 6 nitrogen and oxygen atoms in total. The Balaban J connectivity index is 1.57. The molecule has 2 aliphatic heterocycles. The van der Waals surface area contributed by atoms with Crippen molar-refractivity contribution < 1.29 is 9.47 Å². The normalized spacial score (nSPS) is 27.5. The minimum Gasteiger partial charge on any atom is -0.376 e. The third-order valence-corrected chi connectivity index (χ3v) is 4.46. The summed E-state index contributed by atoms with van der Waals surface area (Å²) in [6.45, 7) is 6.01. The highest BCUT2D eigenvalue weighted by atomic mass is 16.5. The highest BCUT2D eigenvalue weighted by Crippen LogP contribution is 2.21. The Morgan fingerprint density at radius 2 is 1.45 bits per heavy atom. The Labute approximate surface area is 132 Å². The van der Waals surface area contributed by atoms with E-state index in [9.17, 15) is 0 Å². The van der Waals surface area contributed by atoms with Gasteiger partial charge in [-0.05, 0) is 39.5 Å². The molecule has 0 aromatic carbocycles. The first-order valence-electron chi connectivity index (χ1n) is 8.30. The third kappa shape index (κ3) is 3.87. The standard InChI is InChI=1S/C16H26N4O2/c1-11(13-5-3-7-21-13)19-15-9-16(18-10-17-15)20-12(2)14-6-4-8-22-14/h9-14H,3-8H2,1-2H3,(H2,17,18,19,20)/t11-,12+,13-,14+. The van der Waals surface area contributed by atoms with Crippen LogP contribution in [0.15, 0.2) is 12.4 Å². The van der Waals surface area contributed by atoms with Gasteiger partial charge in [0.25, 0.3) is 0 Å². The van der Waals surface area contributed by atoms with Crippen molar-refractivity contribution in [2.45, 2.75) is 63.8 Å². The molecule has 2 aliphatic rings. The summed E-state index contributed by atoms with van der Waals surface area (Å²) in [4.78, 5) is 8.61. The van der Waals surface area contributed by atoms with E-state index in [2.05, 4.69) is 34.4 Å². The predicted octanol–water partition coefficient (Wildman–Crippen LogP) is 2.44. The summed E-state index contributed by atoms with van der Waals surface area (Å²) >= 11 is 0. The molecule has 0 saturated carbocycles. The van der Waals surface area contributed by atoms with Gasteiger partial charge in [-0.15, -0.1) is 0 Å². The second-order valence-electron chi connectivity index (χ2n) is 6.26. The van der Waals surface area contributed by atoms with E-state index in [1.807, 2.05) is 6.07 Å². The molecule has 0 amide bonds. The maximum Gasteiger partial charge on any atom is 0.131 e. The van der Waals surface area contributed by atoms with Crippen molar-refractivity contribution in [3.8, 4) is 0 Å². The fraction of sp³-hybridized carbons (Fsp3) is 0.750. The second-order valence-corrected chi connectivity index (χ2v) is 6.26. The largest absolute Gasteiger partial charge is 0.376 e. The zero-order valence-electron chi connectivity index (χ0n) is 13.4. The number of aromatic nitrogens is 2. The van der Waals surface area contributed by atoms with Crippen LogP contribution in [0.25, 0.3) is 0 Å². The number of nitrogens with one attached hydrogen (secondary N) is 2. The van der Waals surface area contributed by atoms with Crippen molar-refractivity contribution in [2.75, 3.05) is 23.8 Å². The van der Waals surface area contributed by atoms with E-state index in [0.29, 0.717) is 0 Å². The maximum absolute atomic E-state index is 5.71. The molecule has 6 heteroatoms. The van der Waals surface area contributed by atoms with E-state index in [-0.39, 0.29) is 24.3 Å². The summed E-state index contributed by atoms with van der Waals surface area (Å²) in [6, 6.07) is 2.46. The summed E-state index contributed by atoms with van der Waals surface area (Å²) in [7, 11) is 0. The van der Waals surface area contributed by atoms with Gasteiger partial charge in [0, 0.05) is 19.3 Å². The van der Waals surface area contributed by atoms with Crippen LogP contribution in [0, 0.1) is 0 Å². The highest BCUT2D eigenvalue weighted by Gasteiger charge is 2.24. The van der Waals surface area contributed by atoms with Gasteiger partial charge in [-0.3, -0.25) is 0 Å². The van der Waals surface area contributed by atoms with Crippen molar-refractivity contribution in [1.29, 1.82) is 0 Å². The fourth-order valence-corrected chi connectivity index (χ4v) is 3.16. The molecule has 3 heterocycles. The molecule has 4 atom stereocenters. The van der Waals surface area contributed by atoms with Gasteiger partial charge in [0.15, 0.2) is 0 Å². The summed E-state index contributed by atoms with van der Waals surface area (Å²) in [5.41, 5.74) is 0. The first-order chi connectivity index (χ1) is 10.7. The molecule has 2 saturated heterocycles. The molecule has 0 unspecified atom stereocenters. The van der Waals surface area contributed by atoms with Crippen molar-refractivity contribution >= 4 is 11.6 Å². The zero-order valence-corrected chi connectivity index (χ0v) is 13.4. The lowest BCUT2D eigenvalue weighted by Crippen LogP contribution is -2.31. The average Bonchev–Trinajstić information content (AvgIpc) is 3.21. The lowest BCUT2D eigenvalue weighted by atomic mass is 10.1. The molecule has 1 aromatic rings. The first-order valence-corrected chi connectivity index (χ1v) is 8.30. The van der Waals surface area contributed by atoms with Gasteiger partial charge in [0.1, 0.15) is 18.0 Å². The zero-order chi connectivity index (χ0) is 15.4. The maximum atomic E-state index is 5.71. The number of rotatable bonds is 6. The Kier molecular flexibility index (Phi) is 5.10. The van der Waals surface area contributed by atoms with E-state index >= 15 is 0 Å². The van der Waals surface area contributed by atoms with Crippen LogP contribution in [-0.2, 0) is 9.47 Å². The number of nitrogens with zero attached hydrogens (tertiary/aromatic N) is 2. The van der Waals surface area contributed by atoms with Crippen LogP contribution < -0.4 is 10.6 Å². The van der Waals surface area contributed by atoms with E-state index in [1.54, 1.807) is 6.33 Å². The van der Waals surface area contributed by atoms with Gasteiger partial charge in [-0.2, -0.15) is 0 Å². The molecule has 3 rings (SSSR count). The average molecular weight is 306 g/mol. The Bertz CT molecular complexity index is 434. The minimum absolute atomic E-state index is 0.251. The van der Waals surface area contributed by atoms with Crippen molar-refractivity contribution in [3.63, 3.8) is 0 Å². The van der Waals surface area contributed by atoms with Gasteiger partial charge in [-0.25, -0.2) is 9.97 Å². The molecule has 22 heavy (non-hydrogen) atoms. The van der Waals surface area contributed by atoms with Crippen LogP contribution >= 0.6 is 0 Å². The smallest absolute Gasteiger partial charge is 0.131 e. The predicted molar refractivity (Wildman–Crippen MR) is 86.1 cm³/mol. The molecule has 2 N–H and O–H groups in total. The van der Waals surface area contributed by atoms with Crippen LogP contribution in [-0.4, -0.2) is 47.5 Å². The van der Waals surface area contributed by atoms with E-state index in [4.69, 9.17) is 9.47 Å². The van der Waals surface area contributed by atoms with Gasteiger partial charge in [-0.1, -0.05) is 0 Å². The summed E-state index contributed by atoms with van der Waals surface area (Å²) in [5, 5.41) is 6.84. The number of hydrogen-bond donors (Lipinski definition) is 2. The highest BCUT2D eigenvalue weighted by molar-refractivity contribution is 5.47. The van der Waals surface area contributed by atoms with E-state index < -0.39 is 0 Å². The first kappa shape index (κ1) is 15.5. The summed E-state index contributed by atoms with van der Waals surface area (Å²) in [5.74, 6) is 1.67. The van der Waals surface area contributed by atoms with Crippen LogP contribution in [0.4, 0.5) is 11.6 Å². The quantitative estimate of drug-likeness (QED) is 0.841. The van der Waals surface area contributed by atoms with E-state index in [0.717, 1.165) is 50.5 Å². The third-order valence-electron chi connectivity index (χ3n) is 4.46. The molecular weight excluding hydrogens is 280 g/mol. The Morgan fingerprint density at radius 1 is 0.955 bits per heavy atom. The molecular formula is C16H26N4O2. The second kappa shape index (κ2) is 7.24. The monoisotopic (exact) mass is 306 g/mol. The van der Waals surface area contributed by atoms with Gasteiger partial charge < -0.3 is 20.1 Å². The fourth-order valence-electron chi connectivity index (χ4n) is 3.16. The van der Waals surface area contributed by atoms with Crippen LogP contribution in [0.1, 0.15) is 39.5 Å². The minimum atomic E-state index is 0.251. The Morgan fingerprint density at radius 3 is 1.86 bits per heavy atom. The molecule has 1 aromatic heterocycles. The van der Waals surface area contributed by atoms with Crippen LogP contribution in [0.5, 0.6) is 0 Å². The van der Waals surface area contributed by atoms with Gasteiger partial charge in [0.05, 0.1) is 24.3 Å². The van der Waals surface area contributed by atoms with Crippen LogP contribution in [0.2, 0.25) is 0 Å². The lowest BCUT2D eigenvalue weighted by molar-refractivity contribution is 0.0994. The van der Waals surface area contributed by atoms with Crippen molar-refractivity contribution in [3.05, 3.63) is 12.4 Å².